The lowest BCUT2D eigenvalue weighted by atomic mass is 9.80. The maximum atomic E-state index is 14.6. The van der Waals surface area contributed by atoms with Crippen molar-refractivity contribution in [3.63, 3.8) is 0 Å². The molecule has 16 heteroatoms. The Kier molecular flexibility index (Phi) is 18.3. The topological polar surface area (TPSA) is 210 Å². The molecule has 1 aliphatic carbocycles. The van der Waals surface area contributed by atoms with Gasteiger partial charge in [-0.3, -0.25) is 19.2 Å². The minimum absolute atomic E-state index is 0.152. The Hall–Kier alpha value is -4.70. The fraction of sp³-hybridized carbons (Fsp3) is 0.720. The fourth-order valence-electron chi connectivity index (χ4n) is 9.58. The molecule has 3 fully saturated rings. The highest BCUT2D eigenvalue weighted by Crippen LogP contribution is 2.50. The molecule has 2 aliphatic heterocycles. The molecule has 16 nitrogen and oxygen atoms in total. The Labute approximate surface area is 393 Å². The minimum Gasteiger partial charge on any atom is -0.446 e. The Balaban J connectivity index is 1.44. The Morgan fingerprint density at radius 2 is 1.50 bits per heavy atom. The molecule has 1 saturated carbocycles. The van der Waals surface area contributed by atoms with E-state index in [-0.39, 0.29) is 54.7 Å². The molecule has 0 spiro atoms. The molecule has 0 aromatic heterocycles. The Morgan fingerprint density at radius 1 is 0.864 bits per heavy atom. The first-order chi connectivity index (χ1) is 30.6. The van der Waals surface area contributed by atoms with Crippen LogP contribution in [0.15, 0.2) is 42.5 Å². The quantitative estimate of drug-likeness (QED) is 0.0659. The molecular formula is C50H82N7O9+. The third kappa shape index (κ3) is 15.2. The van der Waals surface area contributed by atoms with Gasteiger partial charge in [-0.15, -0.1) is 0 Å². The molecule has 0 bridgehead atoms. The molecule has 1 aromatic carbocycles. The van der Waals surface area contributed by atoms with Crippen LogP contribution in [0.4, 0.5) is 9.59 Å². The van der Waals surface area contributed by atoms with E-state index in [2.05, 4.69) is 40.4 Å². The number of nitrogens with zero attached hydrogens (tertiary/aromatic N) is 2. The molecule has 7 N–H and O–H groups in total. The average molecular weight is 925 g/mol. The molecule has 2 heterocycles. The van der Waals surface area contributed by atoms with Crippen molar-refractivity contribution in [3.8, 4) is 0 Å². The molecule has 6 amide bonds. The SMILES string of the molecule is CC(C)NC(=O)[C@H](CCCNC(=O)OC1CC(C)(C)N([OH2+])C(C)(C)C1)NC(=O)[C@@H](NC(=O)[C@@H]1CCCN1C(=O)[C@H](/C=C/C1(NC(=O)OC(C)(C)C)C[C@H]1C(C)C)Cc1ccccc1)C(C)C. The lowest BCUT2D eigenvalue weighted by molar-refractivity contribution is -0.256. The second-order valence-corrected chi connectivity index (χ2v) is 22.0. The fourth-order valence-corrected chi connectivity index (χ4v) is 9.58. The van der Waals surface area contributed by atoms with E-state index in [1.807, 2.05) is 105 Å². The summed E-state index contributed by atoms with van der Waals surface area (Å²) in [6.07, 6.45) is 6.04. The van der Waals surface area contributed by atoms with Crippen molar-refractivity contribution in [1.29, 1.82) is 0 Å². The van der Waals surface area contributed by atoms with E-state index in [1.165, 1.54) is 0 Å². The number of benzene rings is 1. The van der Waals surface area contributed by atoms with Gasteiger partial charge in [-0.1, -0.05) is 75.2 Å². The lowest BCUT2D eigenvalue weighted by Gasteiger charge is -2.47. The van der Waals surface area contributed by atoms with Crippen molar-refractivity contribution in [2.24, 2.45) is 23.7 Å². The number of carbonyl (C=O) groups excluding carboxylic acids is 6. The zero-order valence-corrected chi connectivity index (χ0v) is 42.0. The maximum Gasteiger partial charge on any atom is 0.408 e. The van der Waals surface area contributed by atoms with Gasteiger partial charge < -0.3 is 46.2 Å². The van der Waals surface area contributed by atoms with E-state index in [0.717, 1.165) is 5.56 Å². The van der Waals surface area contributed by atoms with Crippen molar-refractivity contribution in [1.82, 2.24) is 36.5 Å². The summed E-state index contributed by atoms with van der Waals surface area (Å²) in [6, 6.07) is 6.69. The largest absolute Gasteiger partial charge is 0.446 e. The standard InChI is InChI=1S/C50H81N7O9/c1-31(2)37-30-50(37,55-46(63)66-47(7,8)9)24-23-35(27-34-19-15-14-16-20-34)44(61)56-26-18-22-39(56)42(59)54-40(32(3)4)43(60)53-38(41(58)52-33(5)6)21-17-25-51-45(62)65-36-28-48(10,11)57(64)49(12,13)29-36/h14-16,19-20,23-24,31-33,35-40,64H,17-18,21-22,25-30H2,1-13H3,(H,51,62)(H,52,58)(H,53,60)(H,54,59)(H,55,63)/p+1/b24-23+/t35-,37+,38+,39+,40+,50?/m1/s1. The molecule has 370 valence electrons. The molecule has 66 heavy (non-hydrogen) atoms. The smallest absolute Gasteiger partial charge is 0.408 e. The summed E-state index contributed by atoms with van der Waals surface area (Å²) in [5.74, 6) is -2.18. The molecule has 3 aliphatic rings. The van der Waals surface area contributed by atoms with Crippen LogP contribution < -0.4 is 26.6 Å². The van der Waals surface area contributed by atoms with E-state index in [4.69, 9.17) is 14.7 Å². The van der Waals surface area contributed by atoms with E-state index in [9.17, 15) is 28.8 Å². The van der Waals surface area contributed by atoms with Crippen LogP contribution in [0, 0.1) is 23.7 Å². The molecule has 1 unspecified atom stereocenters. The van der Waals surface area contributed by atoms with Crippen LogP contribution in [0.1, 0.15) is 141 Å². The first kappa shape index (κ1) is 53.9. The summed E-state index contributed by atoms with van der Waals surface area (Å²) in [5, 5.41) is 24.6. The van der Waals surface area contributed by atoms with Crippen molar-refractivity contribution >= 4 is 35.8 Å². The maximum absolute atomic E-state index is 14.6. The number of hydrogen-bond donors (Lipinski definition) is 5. The number of rotatable bonds is 19. The van der Waals surface area contributed by atoms with Crippen LogP contribution in [-0.4, -0.2) is 117 Å². The van der Waals surface area contributed by atoms with Gasteiger partial charge in [-0.25, -0.2) is 9.59 Å². The van der Waals surface area contributed by atoms with Gasteiger partial charge in [0.1, 0.15) is 29.8 Å². The molecular weight excluding hydrogens is 843 g/mol. The predicted molar refractivity (Wildman–Crippen MR) is 255 cm³/mol. The summed E-state index contributed by atoms with van der Waals surface area (Å²) in [5.41, 5.74) is -1.36. The third-order valence-corrected chi connectivity index (χ3v) is 12.9. The monoisotopic (exact) mass is 925 g/mol. The number of nitrogens with one attached hydrogen (secondary N) is 5. The second-order valence-electron chi connectivity index (χ2n) is 22.0. The Bertz CT molecular complexity index is 1860. The summed E-state index contributed by atoms with van der Waals surface area (Å²) in [4.78, 5) is 83.7. The third-order valence-electron chi connectivity index (χ3n) is 12.9. The van der Waals surface area contributed by atoms with Crippen LogP contribution in [0.3, 0.4) is 0 Å². The zero-order chi connectivity index (χ0) is 49.4. The van der Waals surface area contributed by atoms with Crippen LogP contribution in [-0.2, 0) is 35.1 Å². The number of likely N-dealkylation sites (tertiary alicyclic amines) is 1. The number of ether oxygens (including phenoxy) is 2. The van der Waals surface area contributed by atoms with Gasteiger partial charge in [0, 0.05) is 32.0 Å². The number of hydroxylamine groups is 2. The molecule has 1 aromatic rings. The number of carbonyl (C=O) groups is 6. The van der Waals surface area contributed by atoms with Gasteiger partial charge in [-0.2, -0.15) is 0 Å². The normalized spacial score (nSPS) is 23.3. The molecule has 4 rings (SSSR count). The van der Waals surface area contributed by atoms with Crippen molar-refractivity contribution < 1.29 is 43.4 Å². The number of hydrogen-bond acceptors (Lipinski definition) is 9. The molecule has 6 atom stereocenters. The molecule has 2 saturated heterocycles. The highest BCUT2D eigenvalue weighted by molar-refractivity contribution is 5.95. The zero-order valence-electron chi connectivity index (χ0n) is 42.0. The van der Waals surface area contributed by atoms with Crippen LogP contribution in [0.25, 0.3) is 0 Å². The Morgan fingerprint density at radius 3 is 2.06 bits per heavy atom. The highest BCUT2D eigenvalue weighted by Gasteiger charge is 2.55. The number of amides is 6. The van der Waals surface area contributed by atoms with E-state index < -0.39 is 70.3 Å². The van der Waals surface area contributed by atoms with Gasteiger partial charge in [-0.05, 0) is 124 Å². The summed E-state index contributed by atoms with van der Waals surface area (Å²) in [7, 11) is 0. The van der Waals surface area contributed by atoms with Gasteiger partial charge in [0.05, 0.1) is 22.5 Å². The summed E-state index contributed by atoms with van der Waals surface area (Å²) in [6.45, 7) is 25.3. The van der Waals surface area contributed by atoms with E-state index in [1.54, 1.807) is 23.8 Å². The van der Waals surface area contributed by atoms with Gasteiger partial charge in [0.15, 0.2) is 0 Å². The minimum atomic E-state index is -1.01. The summed E-state index contributed by atoms with van der Waals surface area (Å²) < 4.78 is 11.4. The van der Waals surface area contributed by atoms with Crippen molar-refractivity contribution in [2.75, 3.05) is 13.1 Å². The average Bonchev–Trinajstić information content (AvgIpc) is 3.68. The van der Waals surface area contributed by atoms with E-state index in [0.29, 0.717) is 51.5 Å². The number of piperidine rings is 1. The second kappa shape index (κ2) is 22.4. The first-order valence-electron chi connectivity index (χ1n) is 24.1. The number of alkyl carbamates (subject to hydrolysis) is 2. The van der Waals surface area contributed by atoms with Crippen molar-refractivity contribution in [3.05, 3.63) is 48.0 Å². The lowest BCUT2D eigenvalue weighted by Crippen LogP contribution is -2.61. The van der Waals surface area contributed by atoms with Gasteiger partial charge in [0.25, 0.3) is 0 Å². The van der Waals surface area contributed by atoms with Gasteiger partial charge in [0.2, 0.25) is 23.6 Å². The predicted octanol–water partition coefficient (Wildman–Crippen LogP) is 5.65. The summed E-state index contributed by atoms with van der Waals surface area (Å²) >= 11 is 0. The van der Waals surface area contributed by atoms with Crippen LogP contribution in [0.2, 0.25) is 0 Å². The van der Waals surface area contributed by atoms with Crippen LogP contribution in [0.5, 0.6) is 0 Å². The van der Waals surface area contributed by atoms with Gasteiger partial charge >= 0.3 is 12.2 Å². The van der Waals surface area contributed by atoms with Crippen LogP contribution >= 0.6 is 0 Å². The molecule has 0 radical (unpaired) electrons. The highest BCUT2D eigenvalue weighted by atomic mass is 16.6. The van der Waals surface area contributed by atoms with E-state index >= 15 is 0 Å². The first-order valence-corrected chi connectivity index (χ1v) is 24.1. The van der Waals surface area contributed by atoms with Crippen molar-refractivity contribution in [2.45, 2.75) is 194 Å².